The van der Waals surface area contributed by atoms with Gasteiger partial charge in [-0.15, -0.1) is 0 Å². The highest BCUT2D eigenvalue weighted by atomic mass is 15.2. The van der Waals surface area contributed by atoms with Crippen molar-refractivity contribution in [2.45, 2.75) is 25.8 Å². The van der Waals surface area contributed by atoms with Gasteiger partial charge in [0.15, 0.2) is 0 Å². The Morgan fingerprint density at radius 2 is 2.50 bits per heavy atom. The fourth-order valence-electron chi connectivity index (χ4n) is 2.27. The number of hydrogen-bond donors (Lipinski definition) is 1. The molecular weight excluding hydrogens is 174 g/mol. The Balaban J connectivity index is 2.26. The number of rotatable bonds is 2. The molecule has 2 N–H and O–H groups in total. The van der Waals surface area contributed by atoms with Crippen molar-refractivity contribution in [3.63, 3.8) is 0 Å². The average Bonchev–Trinajstić information content (AvgIpc) is 2.66. The molecule has 1 atom stereocenters. The number of nitrogens with zero attached hydrogens (tertiary/aromatic N) is 2. The first-order valence-electron chi connectivity index (χ1n) is 5.27. The van der Waals surface area contributed by atoms with Gasteiger partial charge in [-0.1, -0.05) is 13.0 Å². The van der Waals surface area contributed by atoms with Crippen molar-refractivity contribution in [2.75, 3.05) is 18.8 Å². The lowest BCUT2D eigenvalue weighted by atomic mass is 10.1. The highest BCUT2D eigenvalue weighted by Gasteiger charge is 2.25. The van der Waals surface area contributed by atoms with Crippen molar-refractivity contribution < 1.29 is 0 Å². The summed E-state index contributed by atoms with van der Waals surface area (Å²) in [7, 11) is 0. The van der Waals surface area contributed by atoms with Gasteiger partial charge in [-0.05, 0) is 32.0 Å². The van der Waals surface area contributed by atoms with E-state index in [-0.39, 0.29) is 0 Å². The van der Waals surface area contributed by atoms with Crippen molar-refractivity contribution in [1.82, 2.24) is 9.88 Å². The molecule has 14 heavy (non-hydrogen) atoms. The molecule has 76 valence electrons. The van der Waals surface area contributed by atoms with Crippen molar-refractivity contribution in [2.24, 2.45) is 0 Å². The van der Waals surface area contributed by atoms with Crippen LogP contribution in [0.5, 0.6) is 0 Å². The average molecular weight is 191 g/mol. The second kappa shape index (κ2) is 3.96. The lowest BCUT2D eigenvalue weighted by molar-refractivity contribution is 0.272. The van der Waals surface area contributed by atoms with E-state index in [0.717, 1.165) is 6.54 Å². The molecule has 3 heteroatoms. The number of pyridine rings is 1. The molecule has 1 aromatic rings. The molecule has 1 saturated heterocycles. The molecule has 0 amide bonds. The molecule has 0 bridgehead atoms. The maximum absolute atomic E-state index is 5.88. The van der Waals surface area contributed by atoms with Crippen LogP contribution in [0.25, 0.3) is 0 Å². The normalized spacial score (nSPS) is 22.8. The summed E-state index contributed by atoms with van der Waals surface area (Å²) in [6.07, 6.45) is 4.24. The van der Waals surface area contributed by atoms with Gasteiger partial charge in [-0.25, -0.2) is 4.98 Å². The lowest BCUT2D eigenvalue weighted by Crippen LogP contribution is -2.23. The van der Waals surface area contributed by atoms with E-state index in [1.807, 2.05) is 6.07 Å². The first-order valence-corrected chi connectivity index (χ1v) is 5.27. The van der Waals surface area contributed by atoms with Gasteiger partial charge < -0.3 is 5.73 Å². The maximum Gasteiger partial charge on any atom is 0.128 e. The van der Waals surface area contributed by atoms with Crippen LogP contribution < -0.4 is 5.73 Å². The number of nitrogens with two attached hydrogens (primary N) is 1. The van der Waals surface area contributed by atoms with Crippen LogP contribution in [-0.2, 0) is 0 Å². The van der Waals surface area contributed by atoms with E-state index in [4.69, 9.17) is 5.73 Å². The highest BCUT2D eigenvalue weighted by Crippen LogP contribution is 2.33. The third-order valence-electron chi connectivity index (χ3n) is 3.00. The van der Waals surface area contributed by atoms with Gasteiger partial charge in [-0.3, -0.25) is 4.90 Å². The standard InChI is InChI=1S/C11H17N3/c1-2-14-8-4-6-10(14)9-5-3-7-13-11(9)12/h3,5,7,10H,2,4,6,8H2,1H3,(H2,12,13)/t10-/m1/s1. The molecule has 3 nitrogen and oxygen atoms in total. The molecule has 2 rings (SSSR count). The molecule has 2 heterocycles. The topological polar surface area (TPSA) is 42.2 Å². The highest BCUT2D eigenvalue weighted by molar-refractivity contribution is 5.41. The maximum atomic E-state index is 5.88. The van der Waals surface area contributed by atoms with Gasteiger partial charge >= 0.3 is 0 Å². The van der Waals surface area contributed by atoms with Crippen LogP contribution in [0.3, 0.4) is 0 Å². The molecule has 1 aliphatic rings. The molecule has 0 saturated carbocycles. The fraction of sp³-hybridized carbons (Fsp3) is 0.545. The SMILES string of the molecule is CCN1CCC[C@@H]1c1cccnc1N. The smallest absolute Gasteiger partial charge is 0.128 e. The molecule has 1 fully saturated rings. The van der Waals surface area contributed by atoms with Crippen molar-refractivity contribution in [3.8, 4) is 0 Å². The minimum Gasteiger partial charge on any atom is -0.383 e. The minimum atomic E-state index is 0.494. The van der Waals surface area contributed by atoms with Crippen LogP contribution in [-0.4, -0.2) is 23.0 Å². The van der Waals surface area contributed by atoms with Crippen LogP contribution >= 0.6 is 0 Å². The second-order valence-electron chi connectivity index (χ2n) is 3.76. The van der Waals surface area contributed by atoms with Crippen molar-refractivity contribution >= 4 is 5.82 Å². The Morgan fingerprint density at radius 1 is 1.64 bits per heavy atom. The summed E-state index contributed by atoms with van der Waals surface area (Å²) in [5.41, 5.74) is 7.08. The molecule has 1 aromatic heterocycles. The van der Waals surface area contributed by atoms with E-state index in [0.29, 0.717) is 11.9 Å². The van der Waals surface area contributed by atoms with Gasteiger partial charge in [0.2, 0.25) is 0 Å². The summed E-state index contributed by atoms with van der Waals surface area (Å²) in [4.78, 5) is 6.61. The predicted octanol–water partition coefficient (Wildman–Crippen LogP) is 1.82. The van der Waals surface area contributed by atoms with Gasteiger partial charge in [0.25, 0.3) is 0 Å². The minimum absolute atomic E-state index is 0.494. The Labute approximate surface area is 84.9 Å². The van der Waals surface area contributed by atoms with E-state index in [1.165, 1.54) is 24.9 Å². The Hall–Kier alpha value is -1.09. The monoisotopic (exact) mass is 191 g/mol. The van der Waals surface area contributed by atoms with Crippen LogP contribution in [0.2, 0.25) is 0 Å². The molecule has 0 spiro atoms. The second-order valence-corrected chi connectivity index (χ2v) is 3.76. The largest absolute Gasteiger partial charge is 0.383 e. The zero-order valence-electron chi connectivity index (χ0n) is 8.61. The first-order chi connectivity index (χ1) is 6.83. The van der Waals surface area contributed by atoms with E-state index >= 15 is 0 Å². The van der Waals surface area contributed by atoms with Crippen LogP contribution in [0, 0.1) is 0 Å². The molecule has 0 aromatic carbocycles. The number of aromatic nitrogens is 1. The lowest BCUT2D eigenvalue weighted by Gasteiger charge is -2.23. The van der Waals surface area contributed by atoms with Crippen molar-refractivity contribution in [3.05, 3.63) is 23.9 Å². The summed E-state index contributed by atoms with van der Waals surface area (Å²) in [6.45, 7) is 4.49. The summed E-state index contributed by atoms with van der Waals surface area (Å²) in [6, 6.07) is 4.56. The summed E-state index contributed by atoms with van der Waals surface area (Å²) in [5, 5.41) is 0. The van der Waals surface area contributed by atoms with E-state index in [1.54, 1.807) is 6.20 Å². The van der Waals surface area contributed by atoms with Crippen LogP contribution in [0.4, 0.5) is 5.82 Å². The predicted molar refractivity (Wildman–Crippen MR) is 57.9 cm³/mol. The van der Waals surface area contributed by atoms with E-state index in [2.05, 4.69) is 22.9 Å². The summed E-state index contributed by atoms with van der Waals surface area (Å²) in [5.74, 6) is 0.692. The molecular formula is C11H17N3. The van der Waals surface area contributed by atoms with E-state index < -0.39 is 0 Å². The first kappa shape index (κ1) is 9.46. The quantitative estimate of drug-likeness (QED) is 0.775. The number of nitrogen functional groups attached to an aromatic ring is 1. The van der Waals surface area contributed by atoms with Crippen LogP contribution in [0.15, 0.2) is 18.3 Å². The Kier molecular flexibility index (Phi) is 2.68. The van der Waals surface area contributed by atoms with E-state index in [9.17, 15) is 0 Å². The summed E-state index contributed by atoms with van der Waals surface area (Å²) >= 11 is 0. The zero-order valence-corrected chi connectivity index (χ0v) is 8.61. The molecule has 0 unspecified atom stereocenters. The third kappa shape index (κ3) is 1.60. The van der Waals surface area contributed by atoms with Gasteiger partial charge in [-0.2, -0.15) is 0 Å². The molecule has 0 radical (unpaired) electrons. The Morgan fingerprint density at radius 3 is 3.21 bits per heavy atom. The fourth-order valence-corrected chi connectivity index (χ4v) is 2.27. The van der Waals surface area contributed by atoms with Gasteiger partial charge in [0.1, 0.15) is 5.82 Å². The zero-order chi connectivity index (χ0) is 9.97. The number of hydrogen-bond acceptors (Lipinski definition) is 3. The molecule has 1 aliphatic heterocycles. The number of likely N-dealkylation sites (tertiary alicyclic amines) is 1. The van der Waals surface area contributed by atoms with Crippen LogP contribution in [0.1, 0.15) is 31.4 Å². The van der Waals surface area contributed by atoms with Gasteiger partial charge in [0.05, 0.1) is 0 Å². The van der Waals surface area contributed by atoms with Gasteiger partial charge in [0, 0.05) is 17.8 Å². The third-order valence-corrected chi connectivity index (χ3v) is 3.00. The number of anilines is 1. The Bertz CT molecular complexity index is 311. The molecule has 0 aliphatic carbocycles. The van der Waals surface area contributed by atoms with Crippen molar-refractivity contribution in [1.29, 1.82) is 0 Å². The summed E-state index contributed by atoms with van der Waals surface area (Å²) < 4.78 is 0.